The summed E-state index contributed by atoms with van der Waals surface area (Å²) in [7, 11) is 0. The Kier molecular flexibility index (Phi) is 3.09. The summed E-state index contributed by atoms with van der Waals surface area (Å²) < 4.78 is 1.19. The van der Waals surface area contributed by atoms with E-state index in [1.54, 1.807) is 29.9 Å². The summed E-state index contributed by atoms with van der Waals surface area (Å²) in [5, 5.41) is 0.785. The Balaban J connectivity index is 1.98. The molecule has 2 heterocycles. The van der Waals surface area contributed by atoms with E-state index in [1.165, 1.54) is 15.8 Å². The van der Waals surface area contributed by atoms with E-state index in [4.69, 9.17) is 0 Å². The third kappa shape index (κ3) is 2.53. The largest absolute Gasteiger partial charge is 0.264 e. The second-order valence-electron chi connectivity index (χ2n) is 4.47. The molecule has 19 heavy (non-hydrogen) atoms. The number of rotatable bonds is 2. The second-order valence-corrected chi connectivity index (χ2v) is 5.48. The van der Waals surface area contributed by atoms with Gasteiger partial charge in [-0.25, -0.2) is 9.98 Å². The maximum Gasteiger partial charge on any atom is 0.210 e. The van der Waals surface area contributed by atoms with Crippen LogP contribution in [0.4, 0.5) is 5.13 Å². The van der Waals surface area contributed by atoms with Gasteiger partial charge in [0.1, 0.15) is 0 Å². The van der Waals surface area contributed by atoms with E-state index in [1.807, 2.05) is 12.1 Å². The average Bonchev–Trinajstić information content (AvgIpc) is 2.81. The molecule has 94 valence electrons. The number of hydrogen-bond acceptors (Lipinski definition) is 4. The predicted molar refractivity (Wildman–Crippen MR) is 80.6 cm³/mol. The van der Waals surface area contributed by atoms with Crippen molar-refractivity contribution in [3.8, 4) is 0 Å². The van der Waals surface area contributed by atoms with Crippen LogP contribution in [-0.4, -0.2) is 16.2 Å². The smallest absolute Gasteiger partial charge is 0.210 e. The number of benzene rings is 1. The van der Waals surface area contributed by atoms with E-state index in [9.17, 15) is 0 Å². The van der Waals surface area contributed by atoms with Gasteiger partial charge in [0.05, 0.1) is 10.2 Å². The summed E-state index contributed by atoms with van der Waals surface area (Å²) in [5.74, 6) is 0. The maximum atomic E-state index is 4.57. The van der Waals surface area contributed by atoms with E-state index < -0.39 is 0 Å². The van der Waals surface area contributed by atoms with Crippen molar-refractivity contribution in [3.05, 3.63) is 53.3 Å². The van der Waals surface area contributed by atoms with E-state index in [2.05, 4.69) is 40.9 Å². The fraction of sp³-hybridized carbons (Fsp3) is 0.133. The van der Waals surface area contributed by atoms with Crippen molar-refractivity contribution in [1.29, 1.82) is 0 Å². The van der Waals surface area contributed by atoms with Crippen LogP contribution in [0, 0.1) is 13.8 Å². The van der Waals surface area contributed by atoms with Gasteiger partial charge in [-0.15, -0.1) is 0 Å². The van der Waals surface area contributed by atoms with Crippen LogP contribution in [0.25, 0.3) is 10.2 Å². The first-order chi connectivity index (χ1) is 9.22. The van der Waals surface area contributed by atoms with Crippen molar-refractivity contribution in [2.24, 2.45) is 4.99 Å². The highest BCUT2D eigenvalue weighted by molar-refractivity contribution is 7.22. The zero-order chi connectivity index (χ0) is 13.2. The molecule has 3 nitrogen and oxygen atoms in total. The summed E-state index contributed by atoms with van der Waals surface area (Å²) >= 11 is 1.62. The van der Waals surface area contributed by atoms with Gasteiger partial charge in [-0.05, 0) is 37.1 Å². The SMILES string of the molecule is Cc1cc(C)c2nc(/N=C/c3cccnc3)sc2c1. The maximum absolute atomic E-state index is 4.57. The molecule has 0 amide bonds. The number of aryl methyl sites for hydroxylation is 2. The molecule has 0 saturated carbocycles. The number of thiazole rings is 1. The molecule has 0 N–H and O–H groups in total. The van der Waals surface area contributed by atoms with Gasteiger partial charge in [0.15, 0.2) is 0 Å². The van der Waals surface area contributed by atoms with Crippen molar-refractivity contribution in [2.45, 2.75) is 13.8 Å². The fourth-order valence-corrected chi connectivity index (χ4v) is 2.98. The highest BCUT2D eigenvalue weighted by Crippen LogP contribution is 2.30. The van der Waals surface area contributed by atoms with Crippen molar-refractivity contribution >= 4 is 32.9 Å². The van der Waals surface area contributed by atoms with Gasteiger partial charge < -0.3 is 0 Å². The summed E-state index contributed by atoms with van der Waals surface area (Å²) in [6.07, 6.45) is 5.33. The molecule has 0 bridgehead atoms. The highest BCUT2D eigenvalue weighted by atomic mass is 32.1. The molecule has 0 atom stereocenters. The molecule has 0 saturated heterocycles. The van der Waals surface area contributed by atoms with Crippen LogP contribution in [0.15, 0.2) is 41.7 Å². The lowest BCUT2D eigenvalue weighted by Gasteiger charge is -1.95. The zero-order valence-electron chi connectivity index (χ0n) is 10.8. The third-order valence-electron chi connectivity index (χ3n) is 2.83. The lowest BCUT2D eigenvalue weighted by molar-refractivity contribution is 1.32. The molecule has 3 aromatic rings. The van der Waals surface area contributed by atoms with Crippen LogP contribution in [0.5, 0.6) is 0 Å². The van der Waals surface area contributed by atoms with Crippen LogP contribution in [0.3, 0.4) is 0 Å². The first kappa shape index (κ1) is 12.0. The Bertz CT molecular complexity index is 745. The topological polar surface area (TPSA) is 38.1 Å². The normalized spacial score (nSPS) is 11.5. The molecular weight excluding hydrogens is 254 g/mol. The first-order valence-corrected chi connectivity index (χ1v) is 6.86. The molecule has 0 radical (unpaired) electrons. The average molecular weight is 267 g/mol. The number of pyridine rings is 1. The van der Waals surface area contributed by atoms with E-state index in [0.717, 1.165) is 16.2 Å². The van der Waals surface area contributed by atoms with Gasteiger partial charge in [-0.2, -0.15) is 0 Å². The molecule has 0 fully saturated rings. The van der Waals surface area contributed by atoms with Crippen LogP contribution in [0.2, 0.25) is 0 Å². The Morgan fingerprint density at radius 3 is 2.95 bits per heavy atom. The Morgan fingerprint density at radius 1 is 1.26 bits per heavy atom. The predicted octanol–water partition coefficient (Wildman–Crippen LogP) is 4.06. The summed E-state index contributed by atoms with van der Waals surface area (Å²) in [4.78, 5) is 13.1. The molecule has 2 aromatic heterocycles. The van der Waals surface area contributed by atoms with Crippen molar-refractivity contribution in [2.75, 3.05) is 0 Å². The highest BCUT2D eigenvalue weighted by Gasteiger charge is 2.05. The van der Waals surface area contributed by atoms with E-state index in [0.29, 0.717) is 0 Å². The molecule has 0 aliphatic rings. The lowest BCUT2D eigenvalue weighted by Crippen LogP contribution is -1.80. The molecule has 0 aliphatic heterocycles. The fourth-order valence-electron chi connectivity index (χ4n) is 2.00. The minimum atomic E-state index is 0.785. The molecular formula is C15H13N3S. The number of nitrogens with zero attached hydrogens (tertiary/aromatic N) is 3. The van der Waals surface area contributed by atoms with Crippen molar-refractivity contribution < 1.29 is 0 Å². The van der Waals surface area contributed by atoms with Crippen molar-refractivity contribution in [3.63, 3.8) is 0 Å². The Morgan fingerprint density at radius 2 is 2.16 bits per heavy atom. The first-order valence-electron chi connectivity index (χ1n) is 6.04. The number of aromatic nitrogens is 2. The summed E-state index contributed by atoms with van der Waals surface area (Å²) in [5.41, 5.74) is 4.49. The van der Waals surface area contributed by atoms with E-state index in [-0.39, 0.29) is 0 Å². The third-order valence-corrected chi connectivity index (χ3v) is 3.74. The van der Waals surface area contributed by atoms with Gasteiger partial charge in [0.2, 0.25) is 5.13 Å². The van der Waals surface area contributed by atoms with Crippen LogP contribution in [-0.2, 0) is 0 Å². The van der Waals surface area contributed by atoms with Gasteiger partial charge in [0, 0.05) is 24.2 Å². The number of aliphatic imine (C=N–C) groups is 1. The number of hydrogen-bond donors (Lipinski definition) is 0. The molecule has 0 aliphatic carbocycles. The van der Waals surface area contributed by atoms with Gasteiger partial charge >= 0.3 is 0 Å². The molecule has 4 heteroatoms. The molecule has 3 rings (SSSR count). The standard InChI is InChI=1S/C15H13N3S/c1-10-6-11(2)14-13(7-10)19-15(18-14)17-9-12-4-3-5-16-8-12/h3-9H,1-2H3/b17-9+. The quantitative estimate of drug-likeness (QED) is 0.657. The lowest BCUT2D eigenvalue weighted by atomic mass is 10.1. The number of fused-ring (bicyclic) bond motifs is 1. The molecule has 0 unspecified atom stereocenters. The molecule has 1 aromatic carbocycles. The zero-order valence-corrected chi connectivity index (χ0v) is 11.6. The van der Waals surface area contributed by atoms with Gasteiger partial charge in [0.25, 0.3) is 0 Å². The Labute approximate surface area is 115 Å². The summed E-state index contributed by atoms with van der Waals surface area (Å²) in [6.45, 7) is 4.19. The van der Waals surface area contributed by atoms with Crippen LogP contribution in [0.1, 0.15) is 16.7 Å². The minimum Gasteiger partial charge on any atom is -0.264 e. The second kappa shape index (κ2) is 4.90. The van der Waals surface area contributed by atoms with Gasteiger partial charge in [-0.3, -0.25) is 4.98 Å². The minimum absolute atomic E-state index is 0.785. The van der Waals surface area contributed by atoms with Crippen LogP contribution >= 0.6 is 11.3 Å². The van der Waals surface area contributed by atoms with Crippen molar-refractivity contribution in [1.82, 2.24) is 9.97 Å². The van der Waals surface area contributed by atoms with E-state index >= 15 is 0 Å². The molecule has 0 spiro atoms. The Hall–Kier alpha value is -2.07. The van der Waals surface area contributed by atoms with Crippen LogP contribution < -0.4 is 0 Å². The summed E-state index contributed by atoms with van der Waals surface area (Å²) in [6, 6.07) is 8.17. The monoisotopic (exact) mass is 267 g/mol. The van der Waals surface area contributed by atoms with Gasteiger partial charge in [-0.1, -0.05) is 23.5 Å².